The molecule has 0 unspecified atom stereocenters. The Labute approximate surface area is 143 Å². The molecule has 4 nitrogen and oxygen atoms in total. The highest BCUT2D eigenvalue weighted by Crippen LogP contribution is 2.54. The molecule has 2 aromatic rings. The Balaban J connectivity index is 1.51. The van der Waals surface area contributed by atoms with Gasteiger partial charge in [0.05, 0.1) is 5.56 Å². The van der Waals surface area contributed by atoms with Gasteiger partial charge in [0.2, 0.25) is 0 Å². The molecule has 1 heterocycles. The second kappa shape index (κ2) is 7.43. The maximum absolute atomic E-state index is 11.0. The Hall–Kier alpha value is -1.74. The average molecular weight is 344 g/mol. The molecule has 1 saturated heterocycles. The number of aromatic carboxylic acids is 1. The van der Waals surface area contributed by atoms with Gasteiger partial charge in [-0.15, -0.1) is 0 Å². The summed E-state index contributed by atoms with van der Waals surface area (Å²) in [5.74, 6) is -0.887. The molecule has 1 radical (unpaired) electrons. The Bertz CT molecular complexity index is 680. The predicted molar refractivity (Wildman–Crippen MR) is 98.5 cm³/mol. The summed E-state index contributed by atoms with van der Waals surface area (Å²) in [4.78, 5) is 24.2. The zero-order chi connectivity index (χ0) is 17.0. The zero-order valence-electron chi connectivity index (χ0n) is 13.6. The minimum absolute atomic E-state index is 0.328. The van der Waals surface area contributed by atoms with Crippen molar-refractivity contribution in [3.8, 4) is 0 Å². The summed E-state index contributed by atoms with van der Waals surface area (Å²) in [7, 11) is -1.97. The van der Waals surface area contributed by atoms with Crippen LogP contribution in [0.15, 0.2) is 54.6 Å². The maximum Gasteiger partial charge on any atom is 0.335 e. The second-order valence-corrected chi connectivity index (χ2v) is 9.56. The van der Waals surface area contributed by atoms with Gasteiger partial charge in [-0.2, -0.15) is 0 Å². The SMILES string of the molecule is O=C(O)c1ccc(CCN2CC[P](O)(c3ccccc3)CC2)cc1. The van der Waals surface area contributed by atoms with Gasteiger partial charge in [0, 0.05) is 39.4 Å². The Morgan fingerprint density at radius 1 is 1.00 bits per heavy atom. The molecule has 0 aliphatic carbocycles. The number of carboxylic acid groups (broad SMARTS) is 1. The third-order valence-electron chi connectivity index (χ3n) is 4.73. The van der Waals surface area contributed by atoms with E-state index in [9.17, 15) is 9.69 Å². The van der Waals surface area contributed by atoms with Crippen LogP contribution in [0.5, 0.6) is 0 Å². The molecule has 1 fully saturated rings. The van der Waals surface area contributed by atoms with E-state index >= 15 is 0 Å². The first-order valence-electron chi connectivity index (χ1n) is 8.27. The number of hydrogen-bond donors (Lipinski definition) is 2. The number of benzene rings is 2. The third-order valence-corrected chi connectivity index (χ3v) is 7.87. The molecule has 0 amide bonds. The fourth-order valence-corrected chi connectivity index (χ4v) is 5.82. The normalized spacial score (nSPS) is 17.5. The summed E-state index contributed by atoms with van der Waals surface area (Å²) in [6, 6.07) is 17.2. The lowest BCUT2D eigenvalue weighted by Gasteiger charge is -2.40. The average Bonchev–Trinajstić information content (AvgIpc) is 2.62. The predicted octanol–water partition coefficient (Wildman–Crippen LogP) is 2.49. The summed E-state index contributed by atoms with van der Waals surface area (Å²) in [6.07, 6.45) is 2.62. The van der Waals surface area contributed by atoms with Gasteiger partial charge >= 0.3 is 5.97 Å². The van der Waals surface area contributed by atoms with Crippen molar-refractivity contribution in [1.29, 1.82) is 0 Å². The van der Waals surface area contributed by atoms with Gasteiger partial charge in [0.1, 0.15) is 0 Å². The van der Waals surface area contributed by atoms with Crippen LogP contribution in [-0.4, -0.2) is 52.8 Å². The van der Waals surface area contributed by atoms with Gasteiger partial charge in [-0.1, -0.05) is 42.5 Å². The highest BCUT2D eigenvalue weighted by atomic mass is 31.2. The van der Waals surface area contributed by atoms with Crippen molar-refractivity contribution in [2.75, 3.05) is 32.0 Å². The summed E-state index contributed by atoms with van der Waals surface area (Å²) < 4.78 is 0. The van der Waals surface area contributed by atoms with Crippen LogP contribution in [0.25, 0.3) is 0 Å². The van der Waals surface area contributed by atoms with E-state index in [1.807, 2.05) is 42.5 Å². The minimum atomic E-state index is -1.97. The molecule has 1 aliphatic heterocycles. The summed E-state index contributed by atoms with van der Waals surface area (Å²) in [5.41, 5.74) is 1.48. The number of hydrogen-bond acceptors (Lipinski definition) is 3. The van der Waals surface area contributed by atoms with Crippen LogP contribution in [0, 0.1) is 0 Å². The van der Waals surface area contributed by atoms with E-state index in [1.54, 1.807) is 12.1 Å². The smallest absolute Gasteiger partial charge is 0.335 e. The topological polar surface area (TPSA) is 60.8 Å². The van der Waals surface area contributed by atoms with Gasteiger partial charge in [-0.3, -0.25) is 0 Å². The fraction of sp³-hybridized carbons (Fsp3) is 0.316. The molecule has 0 bridgehead atoms. The van der Waals surface area contributed by atoms with Gasteiger partial charge in [-0.05, 0) is 29.4 Å². The van der Waals surface area contributed by atoms with Crippen molar-refractivity contribution in [1.82, 2.24) is 4.90 Å². The second-order valence-electron chi connectivity index (χ2n) is 6.30. The zero-order valence-corrected chi connectivity index (χ0v) is 14.5. The van der Waals surface area contributed by atoms with Gasteiger partial charge < -0.3 is 14.9 Å². The molecule has 0 atom stereocenters. The molecule has 0 spiro atoms. The van der Waals surface area contributed by atoms with E-state index < -0.39 is 13.5 Å². The first kappa shape index (κ1) is 17.1. The van der Waals surface area contributed by atoms with E-state index in [2.05, 4.69) is 4.90 Å². The molecular formula is C19H23NO3P. The molecular weight excluding hydrogens is 321 g/mol. The number of nitrogens with zero attached hydrogens (tertiary/aromatic N) is 1. The van der Waals surface area contributed by atoms with Crippen LogP contribution in [-0.2, 0) is 6.42 Å². The van der Waals surface area contributed by atoms with E-state index in [4.69, 9.17) is 5.11 Å². The van der Waals surface area contributed by atoms with Crippen LogP contribution < -0.4 is 5.30 Å². The van der Waals surface area contributed by atoms with E-state index in [-0.39, 0.29) is 0 Å². The Morgan fingerprint density at radius 2 is 1.62 bits per heavy atom. The van der Waals surface area contributed by atoms with Crippen molar-refractivity contribution < 1.29 is 14.8 Å². The molecule has 3 rings (SSSR count). The van der Waals surface area contributed by atoms with E-state index in [1.165, 1.54) is 0 Å². The quantitative estimate of drug-likeness (QED) is 0.818. The largest absolute Gasteiger partial charge is 0.478 e. The van der Waals surface area contributed by atoms with Crippen LogP contribution in [0.4, 0.5) is 0 Å². The highest BCUT2D eigenvalue weighted by molar-refractivity contribution is 7.77. The van der Waals surface area contributed by atoms with E-state index in [0.717, 1.165) is 49.2 Å². The molecule has 2 aromatic carbocycles. The first-order valence-corrected chi connectivity index (χ1v) is 10.4. The van der Waals surface area contributed by atoms with E-state index in [0.29, 0.717) is 5.56 Å². The lowest BCUT2D eigenvalue weighted by Crippen LogP contribution is -2.40. The standard InChI is InChI=1S/C19H23NO3P/c21-19(22)17-8-6-16(7-9-17)10-11-20-12-14-24(23,15-13-20)18-4-2-1-3-5-18/h1-9,23H,10-15H2,(H,21,22). The van der Waals surface area contributed by atoms with Gasteiger partial charge in [0.15, 0.2) is 0 Å². The highest BCUT2D eigenvalue weighted by Gasteiger charge is 2.31. The molecule has 5 heteroatoms. The molecule has 0 aromatic heterocycles. The molecule has 1 aliphatic rings. The van der Waals surface area contributed by atoms with Crippen molar-refractivity contribution in [2.24, 2.45) is 0 Å². The lowest BCUT2D eigenvalue weighted by molar-refractivity contribution is 0.0697. The first-order chi connectivity index (χ1) is 11.6. The van der Waals surface area contributed by atoms with Gasteiger partial charge in [0.25, 0.3) is 0 Å². The van der Waals surface area contributed by atoms with Crippen molar-refractivity contribution in [3.05, 3.63) is 65.7 Å². The number of carbonyl (C=O) groups is 1. The maximum atomic E-state index is 11.0. The number of rotatable bonds is 5. The fourth-order valence-electron chi connectivity index (χ4n) is 3.13. The summed E-state index contributed by atoms with van der Waals surface area (Å²) >= 11 is 0. The molecule has 0 saturated carbocycles. The van der Waals surface area contributed by atoms with Crippen LogP contribution in [0.3, 0.4) is 0 Å². The number of carboxylic acids is 1. The van der Waals surface area contributed by atoms with Crippen LogP contribution in [0.2, 0.25) is 0 Å². The van der Waals surface area contributed by atoms with Crippen LogP contribution in [0.1, 0.15) is 15.9 Å². The molecule has 127 valence electrons. The van der Waals surface area contributed by atoms with Crippen LogP contribution >= 0.6 is 7.49 Å². The Morgan fingerprint density at radius 3 is 2.21 bits per heavy atom. The Kier molecular flexibility index (Phi) is 5.30. The third kappa shape index (κ3) is 4.02. The monoisotopic (exact) mass is 344 g/mol. The van der Waals surface area contributed by atoms with Crippen molar-refractivity contribution in [2.45, 2.75) is 6.42 Å². The lowest BCUT2D eigenvalue weighted by atomic mass is 10.1. The summed E-state index contributed by atoms with van der Waals surface area (Å²) in [6.45, 7) is 2.79. The van der Waals surface area contributed by atoms with Gasteiger partial charge in [-0.25, -0.2) is 4.79 Å². The molecule has 2 N–H and O–H groups in total. The summed E-state index contributed by atoms with van der Waals surface area (Å²) in [5, 5.41) is 10.0. The molecule has 24 heavy (non-hydrogen) atoms. The van der Waals surface area contributed by atoms with Crippen molar-refractivity contribution >= 4 is 18.8 Å². The van der Waals surface area contributed by atoms with Crippen molar-refractivity contribution in [3.63, 3.8) is 0 Å². The minimum Gasteiger partial charge on any atom is -0.478 e.